The average Bonchev–Trinajstić information content (AvgIpc) is 3.14. The molecule has 25 heavy (non-hydrogen) atoms. The first-order chi connectivity index (χ1) is 12.3. The Kier molecular flexibility index (Phi) is 6.30. The molecule has 0 radical (unpaired) electrons. The zero-order chi connectivity index (χ0) is 17.3. The second-order valence-corrected chi connectivity index (χ2v) is 6.25. The van der Waals surface area contributed by atoms with Gasteiger partial charge < -0.3 is 15.2 Å². The molecule has 0 aliphatic carbocycles. The van der Waals surface area contributed by atoms with Crippen LogP contribution in [0.4, 0.5) is 5.82 Å². The smallest absolute Gasteiger partial charge is 0.234 e. The molecule has 6 nitrogen and oxygen atoms in total. The standard InChI is InChI=1S/C18H20N4O2S/c23-6-7-24-18-11-19-10-17(22-18)21-15(9-16-12-25-13-20-16)8-14-4-2-1-3-5-14/h1-5,10-13,15,23H,6-9H2,(H,21,22). The largest absolute Gasteiger partial charge is 0.474 e. The second-order valence-electron chi connectivity index (χ2n) is 5.53. The molecule has 0 fully saturated rings. The number of aliphatic hydroxyl groups excluding tert-OH is 1. The number of nitrogens with one attached hydrogen (secondary N) is 1. The van der Waals surface area contributed by atoms with Gasteiger partial charge in [-0.05, 0) is 12.0 Å². The van der Waals surface area contributed by atoms with Gasteiger partial charge in [-0.2, -0.15) is 4.98 Å². The molecule has 3 rings (SSSR count). The Morgan fingerprint density at radius 2 is 2.04 bits per heavy atom. The first kappa shape index (κ1) is 17.3. The third-order valence-corrected chi connectivity index (χ3v) is 4.20. The Balaban J connectivity index is 1.72. The van der Waals surface area contributed by atoms with Crippen molar-refractivity contribution in [1.82, 2.24) is 15.0 Å². The highest BCUT2D eigenvalue weighted by Gasteiger charge is 2.13. The summed E-state index contributed by atoms with van der Waals surface area (Å²) in [6.45, 7) is 0.143. The number of rotatable bonds is 9. The van der Waals surface area contributed by atoms with Crippen LogP contribution < -0.4 is 10.1 Å². The lowest BCUT2D eigenvalue weighted by molar-refractivity contribution is 0.196. The molecule has 0 saturated heterocycles. The summed E-state index contributed by atoms with van der Waals surface area (Å²) < 4.78 is 5.33. The van der Waals surface area contributed by atoms with Crippen molar-refractivity contribution >= 4 is 17.2 Å². The normalized spacial score (nSPS) is 11.9. The van der Waals surface area contributed by atoms with Crippen molar-refractivity contribution in [3.63, 3.8) is 0 Å². The summed E-state index contributed by atoms with van der Waals surface area (Å²) in [5, 5.41) is 14.3. The van der Waals surface area contributed by atoms with Crippen molar-refractivity contribution in [3.05, 3.63) is 64.9 Å². The van der Waals surface area contributed by atoms with E-state index in [2.05, 4.69) is 37.8 Å². The van der Waals surface area contributed by atoms with E-state index >= 15 is 0 Å². The predicted octanol–water partition coefficient (Wildman–Crippen LogP) is 2.57. The van der Waals surface area contributed by atoms with Crippen LogP contribution in [-0.4, -0.2) is 39.3 Å². The lowest BCUT2D eigenvalue weighted by Gasteiger charge is -2.19. The second kappa shape index (κ2) is 9.10. The third kappa shape index (κ3) is 5.51. The molecule has 0 spiro atoms. The van der Waals surface area contributed by atoms with E-state index in [1.165, 1.54) is 11.8 Å². The number of benzene rings is 1. The van der Waals surface area contributed by atoms with Crippen molar-refractivity contribution in [1.29, 1.82) is 0 Å². The Morgan fingerprint density at radius 3 is 2.80 bits per heavy atom. The van der Waals surface area contributed by atoms with Crippen molar-refractivity contribution < 1.29 is 9.84 Å². The number of thiazole rings is 1. The molecule has 2 N–H and O–H groups in total. The van der Waals surface area contributed by atoms with Crippen LogP contribution in [0.5, 0.6) is 5.88 Å². The number of nitrogens with zero attached hydrogens (tertiary/aromatic N) is 3. The van der Waals surface area contributed by atoms with Crippen LogP contribution in [0.2, 0.25) is 0 Å². The highest BCUT2D eigenvalue weighted by atomic mass is 32.1. The van der Waals surface area contributed by atoms with Gasteiger partial charge in [-0.25, -0.2) is 4.98 Å². The van der Waals surface area contributed by atoms with Crippen molar-refractivity contribution in [2.24, 2.45) is 0 Å². The molecular weight excluding hydrogens is 336 g/mol. The maximum atomic E-state index is 8.86. The molecule has 0 bridgehead atoms. The van der Waals surface area contributed by atoms with E-state index in [1.54, 1.807) is 17.5 Å². The van der Waals surface area contributed by atoms with Gasteiger partial charge in [-0.1, -0.05) is 30.3 Å². The minimum atomic E-state index is -0.0558. The SMILES string of the molecule is OCCOc1cncc(NC(Cc2ccccc2)Cc2cscn2)n1. The van der Waals surface area contributed by atoms with Crippen molar-refractivity contribution in [2.75, 3.05) is 18.5 Å². The van der Waals surface area contributed by atoms with Crippen LogP contribution in [0.15, 0.2) is 53.6 Å². The summed E-state index contributed by atoms with van der Waals surface area (Å²) in [6.07, 6.45) is 4.85. The van der Waals surface area contributed by atoms with Crippen LogP contribution in [0, 0.1) is 0 Å². The van der Waals surface area contributed by atoms with E-state index in [1.807, 2.05) is 23.7 Å². The lowest BCUT2D eigenvalue weighted by atomic mass is 10.0. The molecule has 0 aliphatic heterocycles. The first-order valence-corrected chi connectivity index (χ1v) is 9.01. The minimum absolute atomic E-state index is 0.0558. The Bertz CT molecular complexity index is 753. The topological polar surface area (TPSA) is 80.2 Å². The van der Waals surface area contributed by atoms with Gasteiger partial charge in [0.1, 0.15) is 12.4 Å². The summed E-state index contributed by atoms with van der Waals surface area (Å²) in [7, 11) is 0. The molecule has 0 amide bonds. The average molecular weight is 356 g/mol. The van der Waals surface area contributed by atoms with Gasteiger partial charge in [0.15, 0.2) is 0 Å². The Labute approximate surface area is 150 Å². The Morgan fingerprint density at radius 1 is 1.16 bits per heavy atom. The molecule has 2 heterocycles. The van der Waals surface area contributed by atoms with E-state index < -0.39 is 0 Å². The van der Waals surface area contributed by atoms with Gasteiger partial charge in [0.2, 0.25) is 5.88 Å². The monoisotopic (exact) mass is 356 g/mol. The zero-order valence-electron chi connectivity index (χ0n) is 13.7. The molecular formula is C18H20N4O2S. The molecule has 1 atom stereocenters. The first-order valence-electron chi connectivity index (χ1n) is 8.06. The molecule has 7 heteroatoms. The lowest BCUT2D eigenvalue weighted by Crippen LogP contribution is -2.26. The summed E-state index contributed by atoms with van der Waals surface area (Å²) in [4.78, 5) is 12.9. The summed E-state index contributed by atoms with van der Waals surface area (Å²) >= 11 is 1.60. The van der Waals surface area contributed by atoms with E-state index in [0.29, 0.717) is 11.7 Å². The quantitative estimate of drug-likeness (QED) is 0.613. The van der Waals surface area contributed by atoms with Gasteiger partial charge >= 0.3 is 0 Å². The number of hydrogen-bond acceptors (Lipinski definition) is 7. The maximum Gasteiger partial charge on any atom is 0.234 e. The van der Waals surface area contributed by atoms with Gasteiger partial charge in [0, 0.05) is 17.8 Å². The molecule has 130 valence electrons. The highest BCUT2D eigenvalue weighted by molar-refractivity contribution is 7.07. The summed E-state index contributed by atoms with van der Waals surface area (Å²) in [6, 6.07) is 10.5. The van der Waals surface area contributed by atoms with Crippen LogP contribution in [0.25, 0.3) is 0 Å². The summed E-state index contributed by atoms with van der Waals surface area (Å²) in [5.41, 5.74) is 4.15. The van der Waals surface area contributed by atoms with Gasteiger partial charge in [-0.3, -0.25) is 4.98 Å². The number of aromatic nitrogens is 3. The third-order valence-electron chi connectivity index (χ3n) is 3.57. The van der Waals surface area contributed by atoms with Gasteiger partial charge in [0.05, 0.1) is 30.2 Å². The molecule has 0 aliphatic rings. The fourth-order valence-electron chi connectivity index (χ4n) is 2.51. The number of hydrogen-bond donors (Lipinski definition) is 2. The highest BCUT2D eigenvalue weighted by Crippen LogP contribution is 2.15. The molecule has 3 aromatic rings. The predicted molar refractivity (Wildman–Crippen MR) is 98.0 cm³/mol. The number of aliphatic hydroxyl groups is 1. The van der Waals surface area contributed by atoms with Gasteiger partial charge in [0.25, 0.3) is 0 Å². The van der Waals surface area contributed by atoms with Crippen molar-refractivity contribution in [2.45, 2.75) is 18.9 Å². The maximum absolute atomic E-state index is 8.86. The van der Waals surface area contributed by atoms with Crippen LogP contribution in [0.1, 0.15) is 11.3 Å². The van der Waals surface area contributed by atoms with E-state index in [-0.39, 0.29) is 19.3 Å². The Hall–Kier alpha value is -2.51. The van der Waals surface area contributed by atoms with Crippen LogP contribution >= 0.6 is 11.3 Å². The zero-order valence-corrected chi connectivity index (χ0v) is 14.5. The van der Waals surface area contributed by atoms with E-state index in [0.717, 1.165) is 18.5 Å². The fourth-order valence-corrected chi connectivity index (χ4v) is 3.08. The molecule has 1 unspecified atom stereocenters. The van der Waals surface area contributed by atoms with Crippen LogP contribution in [0.3, 0.4) is 0 Å². The minimum Gasteiger partial charge on any atom is -0.474 e. The number of anilines is 1. The number of ether oxygens (including phenoxy) is 1. The van der Waals surface area contributed by atoms with Crippen molar-refractivity contribution in [3.8, 4) is 5.88 Å². The van der Waals surface area contributed by atoms with E-state index in [9.17, 15) is 0 Å². The van der Waals surface area contributed by atoms with Crippen LogP contribution in [-0.2, 0) is 12.8 Å². The summed E-state index contributed by atoms with van der Waals surface area (Å²) in [5.74, 6) is 1.04. The molecule has 0 saturated carbocycles. The van der Waals surface area contributed by atoms with E-state index in [4.69, 9.17) is 9.84 Å². The fraction of sp³-hybridized carbons (Fsp3) is 0.278. The van der Waals surface area contributed by atoms with Gasteiger partial charge in [-0.15, -0.1) is 11.3 Å². The molecule has 2 aromatic heterocycles. The molecule has 1 aromatic carbocycles.